The molecule has 280 valence electrons. The van der Waals surface area contributed by atoms with E-state index in [2.05, 4.69) is 5.32 Å². The summed E-state index contributed by atoms with van der Waals surface area (Å²) in [5.74, 6) is -1.47. The van der Waals surface area contributed by atoms with E-state index in [1.54, 1.807) is 25.7 Å². The summed E-state index contributed by atoms with van der Waals surface area (Å²) in [7, 11) is 0. The number of rotatable bonds is 9. The Morgan fingerprint density at radius 2 is 1.78 bits per heavy atom. The largest absolute Gasteiger partial charge is 0.444 e. The SMILES string of the molecule is C[C@@H]1Cc2c(ccc3c2cnn3C2CCCCO2)[C@@H](c2c(F)cc(NC3CN(C(=O)OC(C)(C)C)C3)cc2F)N1CC(C)(F)COSC(C)(C)C. The van der Waals surface area contributed by atoms with E-state index in [0.29, 0.717) is 26.1 Å². The number of likely N-dealkylation sites (tertiary alicyclic amines) is 1. The zero-order chi connectivity index (χ0) is 36.9. The standard InChI is InChI=1S/C38H52F3N5O4S/c1-23-15-27-26(12-13-31-28(27)18-42-46(31)32-11-9-10-14-48-32)34(45(23)21-38(8,41)22-49-51-37(5,6)7)33-29(39)16-24(17-30(33)40)43-25-19-44(20-25)35(47)50-36(2,3)4/h12-13,16-18,23,25,32,34,43H,9-11,14-15,19-22H2,1-8H3/t23-,32?,34+,38?/m1/s1. The van der Waals surface area contributed by atoms with Gasteiger partial charge in [0.2, 0.25) is 0 Å². The second kappa shape index (κ2) is 14.4. The number of anilines is 1. The van der Waals surface area contributed by atoms with Crippen LogP contribution in [0.3, 0.4) is 0 Å². The van der Waals surface area contributed by atoms with Gasteiger partial charge in [-0.2, -0.15) is 5.10 Å². The molecule has 6 rings (SSSR count). The third-order valence-corrected chi connectivity index (χ3v) is 10.2. The Morgan fingerprint density at radius 3 is 2.41 bits per heavy atom. The Labute approximate surface area is 303 Å². The molecule has 0 radical (unpaired) electrons. The maximum absolute atomic E-state index is 16.4. The van der Waals surface area contributed by atoms with Crippen molar-refractivity contribution in [1.29, 1.82) is 0 Å². The summed E-state index contributed by atoms with van der Waals surface area (Å²) in [6.07, 6.45) is 4.71. The molecule has 1 N–H and O–H groups in total. The fourth-order valence-electron chi connectivity index (χ4n) is 7.20. The lowest BCUT2D eigenvalue weighted by Gasteiger charge is -2.45. The van der Waals surface area contributed by atoms with Crippen LogP contribution in [0.25, 0.3) is 10.9 Å². The minimum Gasteiger partial charge on any atom is -0.444 e. The number of halogens is 3. The van der Waals surface area contributed by atoms with Gasteiger partial charge in [0.15, 0.2) is 6.23 Å². The van der Waals surface area contributed by atoms with Crippen molar-refractivity contribution in [3.8, 4) is 0 Å². The number of ether oxygens (including phenoxy) is 2. The van der Waals surface area contributed by atoms with Gasteiger partial charge < -0.3 is 23.9 Å². The summed E-state index contributed by atoms with van der Waals surface area (Å²) in [5, 5.41) is 8.78. The molecule has 0 spiro atoms. The number of nitrogens with zero attached hydrogens (tertiary/aromatic N) is 4. The van der Waals surface area contributed by atoms with Crippen molar-refractivity contribution < 1.29 is 31.6 Å². The Hall–Kier alpha value is -3.00. The maximum atomic E-state index is 16.4. The first-order chi connectivity index (χ1) is 23.9. The van der Waals surface area contributed by atoms with Crippen LogP contribution >= 0.6 is 12.0 Å². The van der Waals surface area contributed by atoms with E-state index in [4.69, 9.17) is 18.8 Å². The smallest absolute Gasteiger partial charge is 0.410 e. The van der Waals surface area contributed by atoms with Gasteiger partial charge in [-0.3, -0.25) is 4.90 Å². The summed E-state index contributed by atoms with van der Waals surface area (Å²) >= 11 is 1.21. The van der Waals surface area contributed by atoms with Crippen molar-refractivity contribution in [2.24, 2.45) is 0 Å². The highest BCUT2D eigenvalue weighted by Crippen LogP contribution is 2.44. The van der Waals surface area contributed by atoms with Crippen LogP contribution in [0, 0.1) is 11.6 Å². The highest BCUT2D eigenvalue weighted by molar-refractivity contribution is 7.96. The summed E-state index contributed by atoms with van der Waals surface area (Å²) in [5.41, 5.74) is 0.274. The number of hydrogen-bond acceptors (Lipinski definition) is 8. The number of benzene rings is 2. The van der Waals surface area contributed by atoms with Gasteiger partial charge in [-0.15, -0.1) is 0 Å². The topological polar surface area (TPSA) is 81.1 Å². The van der Waals surface area contributed by atoms with Gasteiger partial charge in [0.1, 0.15) is 22.9 Å². The number of amides is 1. The number of aromatic nitrogens is 2. The molecule has 0 aliphatic carbocycles. The second-order valence-corrected chi connectivity index (χ2v) is 18.2. The van der Waals surface area contributed by atoms with Gasteiger partial charge in [0, 0.05) is 53.7 Å². The number of carbonyl (C=O) groups is 1. The minimum atomic E-state index is -1.81. The average Bonchev–Trinajstić information content (AvgIpc) is 3.43. The first-order valence-electron chi connectivity index (χ1n) is 18.0. The molecular weight excluding hydrogens is 680 g/mol. The van der Waals surface area contributed by atoms with Crippen molar-refractivity contribution in [3.05, 3.63) is 58.8 Å². The molecule has 3 aliphatic rings. The van der Waals surface area contributed by atoms with E-state index < -0.39 is 35.0 Å². The summed E-state index contributed by atoms with van der Waals surface area (Å²) in [6.45, 7) is 15.9. The van der Waals surface area contributed by atoms with E-state index in [-0.39, 0.29) is 47.5 Å². The van der Waals surface area contributed by atoms with Gasteiger partial charge in [0.05, 0.1) is 30.4 Å². The van der Waals surface area contributed by atoms with Gasteiger partial charge in [-0.25, -0.2) is 22.6 Å². The number of fused-ring (bicyclic) bond motifs is 3. The Balaban J connectivity index is 1.32. The van der Waals surface area contributed by atoms with Crippen LogP contribution in [0.5, 0.6) is 0 Å². The molecule has 3 aliphatic heterocycles. The number of hydrogen-bond donors (Lipinski definition) is 1. The molecule has 2 aromatic carbocycles. The van der Waals surface area contributed by atoms with Crippen LogP contribution in [0.15, 0.2) is 30.5 Å². The molecule has 4 heterocycles. The van der Waals surface area contributed by atoms with Crippen molar-refractivity contribution in [3.63, 3.8) is 0 Å². The molecule has 0 saturated carbocycles. The highest BCUT2D eigenvalue weighted by Gasteiger charge is 2.42. The van der Waals surface area contributed by atoms with Crippen LogP contribution in [0.4, 0.5) is 23.7 Å². The average molecular weight is 732 g/mol. The normalized spacial score (nSPS) is 23.1. The maximum Gasteiger partial charge on any atom is 0.410 e. The molecule has 2 unspecified atom stereocenters. The molecule has 13 heteroatoms. The molecular formula is C38H52F3N5O4S. The molecule has 1 aromatic heterocycles. The van der Waals surface area contributed by atoms with Crippen LogP contribution in [-0.2, 0) is 20.1 Å². The zero-order valence-corrected chi connectivity index (χ0v) is 31.8. The second-order valence-electron chi connectivity index (χ2n) is 16.6. The van der Waals surface area contributed by atoms with E-state index in [1.807, 2.05) is 55.6 Å². The van der Waals surface area contributed by atoms with Gasteiger partial charge >= 0.3 is 6.09 Å². The summed E-state index contributed by atoms with van der Waals surface area (Å²) in [6, 6.07) is 5.07. The van der Waals surface area contributed by atoms with E-state index >= 15 is 13.2 Å². The third kappa shape index (κ3) is 8.63. The Morgan fingerprint density at radius 1 is 1.08 bits per heavy atom. The minimum absolute atomic E-state index is 0.0996. The predicted molar refractivity (Wildman–Crippen MR) is 195 cm³/mol. The van der Waals surface area contributed by atoms with E-state index in [1.165, 1.54) is 31.1 Å². The highest BCUT2D eigenvalue weighted by atomic mass is 32.2. The van der Waals surface area contributed by atoms with Gasteiger partial charge in [-0.1, -0.05) is 6.07 Å². The molecule has 2 fully saturated rings. The number of carbonyl (C=O) groups excluding carboxylic acids is 1. The Kier molecular flexibility index (Phi) is 10.7. The quantitative estimate of drug-likeness (QED) is 0.220. The lowest BCUT2D eigenvalue weighted by Crippen LogP contribution is -2.57. The molecule has 4 atom stereocenters. The molecule has 2 saturated heterocycles. The molecule has 0 bridgehead atoms. The van der Waals surface area contributed by atoms with Crippen LogP contribution in [0.1, 0.15) is 104 Å². The van der Waals surface area contributed by atoms with E-state index in [9.17, 15) is 4.79 Å². The molecule has 51 heavy (non-hydrogen) atoms. The van der Waals surface area contributed by atoms with Gasteiger partial charge in [0.25, 0.3) is 0 Å². The molecule has 3 aromatic rings. The lowest BCUT2D eigenvalue weighted by atomic mass is 9.82. The molecule has 1 amide bonds. The van der Waals surface area contributed by atoms with Crippen LogP contribution in [0.2, 0.25) is 0 Å². The van der Waals surface area contributed by atoms with Gasteiger partial charge in [-0.05, 0) is 122 Å². The number of nitrogens with one attached hydrogen (secondary N) is 1. The van der Waals surface area contributed by atoms with Crippen molar-refractivity contribution >= 4 is 34.7 Å². The summed E-state index contributed by atoms with van der Waals surface area (Å²) in [4.78, 5) is 15.8. The fourth-order valence-corrected chi connectivity index (χ4v) is 7.86. The van der Waals surface area contributed by atoms with Crippen molar-refractivity contribution in [2.75, 3.05) is 38.2 Å². The number of alkyl halides is 1. The van der Waals surface area contributed by atoms with E-state index in [0.717, 1.165) is 41.3 Å². The first kappa shape index (κ1) is 37.7. The summed E-state index contributed by atoms with van der Waals surface area (Å²) < 4.78 is 68.1. The lowest BCUT2D eigenvalue weighted by molar-refractivity contribution is -0.0366. The van der Waals surface area contributed by atoms with Crippen molar-refractivity contribution in [1.82, 2.24) is 19.6 Å². The zero-order valence-electron chi connectivity index (χ0n) is 31.0. The Bertz CT molecular complexity index is 1700. The predicted octanol–water partition coefficient (Wildman–Crippen LogP) is 8.57. The molecule has 9 nitrogen and oxygen atoms in total. The first-order valence-corrected chi connectivity index (χ1v) is 18.7. The third-order valence-electron chi connectivity index (χ3n) is 9.49. The van der Waals surface area contributed by atoms with Crippen molar-refractivity contribution in [2.45, 2.75) is 121 Å². The monoisotopic (exact) mass is 731 g/mol. The van der Waals surface area contributed by atoms with Crippen LogP contribution in [-0.4, -0.2) is 86.6 Å². The van der Waals surface area contributed by atoms with Crippen LogP contribution < -0.4 is 5.32 Å². The fraction of sp³-hybridized carbons (Fsp3) is 0.632.